The van der Waals surface area contributed by atoms with Crippen LogP contribution < -0.4 is 5.32 Å². The molecule has 0 amide bonds. The first-order valence-corrected chi connectivity index (χ1v) is 4.88. The molecule has 0 fully saturated rings. The summed E-state index contributed by atoms with van der Waals surface area (Å²) in [6, 6.07) is 1.88. The van der Waals surface area contributed by atoms with Crippen molar-refractivity contribution in [1.82, 2.24) is 9.97 Å². The molecular formula is C10H14N4O2. The molecule has 6 nitrogen and oxygen atoms in total. The maximum Gasteiger partial charge on any atom is 0.158 e. The van der Waals surface area contributed by atoms with E-state index in [2.05, 4.69) is 15.3 Å². The van der Waals surface area contributed by atoms with Crippen LogP contribution in [-0.4, -0.2) is 41.4 Å². The molecule has 6 heteroatoms. The van der Waals surface area contributed by atoms with Crippen LogP contribution in [-0.2, 0) is 4.74 Å². The maximum atomic E-state index is 8.85. The molecule has 86 valence electrons. The topological polar surface area (TPSA) is 91.1 Å². The molecule has 16 heavy (non-hydrogen) atoms. The summed E-state index contributed by atoms with van der Waals surface area (Å²) >= 11 is 0. The Bertz CT molecular complexity index is 341. The van der Waals surface area contributed by atoms with E-state index in [9.17, 15) is 0 Å². The summed E-state index contributed by atoms with van der Waals surface area (Å²) in [7, 11) is 1.59. The van der Waals surface area contributed by atoms with Gasteiger partial charge in [-0.15, -0.1) is 0 Å². The molecule has 0 radical (unpaired) electrons. The van der Waals surface area contributed by atoms with Gasteiger partial charge in [-0.25, -0.2) is 9.97 Å². The van der Waals surface area contributed by atoms with Gasteiger partial charge in [0.2, 0.25) is 0 Å². The van der Waals surface area contributed by atoms with Crippen LogP contribution in [0.2, 0.25) is 0 Å². The van der Waals surface area contributed by atoms with Crippen molar-refractivity contribution in [1.29, 1.82) is 5.26 Å². The Morgan fingerprint density at radius 1 is 1.56 bits per heavy atom. The van der Waals surface area contributed by atoms with Crippen LogP contribution in [0.15, 0.2) is 12.4 Å². The minimum Gasteiger partial charge on any atom is -0.396 e. The molecular weight excluding hydrogens is 208 g/mol. The van der Waals surface area contributed by atoms with E-state index >= 15 is 0 Å². The van der Waals surface area contributed by atoms with Gasteiger partial charge >= 0.3 is 0 Å². The molecule has 0 saturated carbocycles. The van der Waals surface area contributed by atoms with E-state index in [0.29, 0.717) is 18.8 Å². The van der Waals surface area contributed by atoms with E-state index in [-0.39, 0.29) is 18.3 Å². The van der Waals surface area contributed by atoms with E-state index in [1.807, 2.05) is 6.07 Å². The lowest BCUT2D eigenvalue weighted by atomic mass is 10.2. The van der Waals surface area contributed by atoms with Gasteiger partial charge in [-0.1, -0.05) is 0 Å². The highest BCUT2D eigenvalue weighted by molar-refractivity contribution is 5.34. The summed E-state index contributed by atoms with van der Waals surface area (Å²) in [5.74, 6) is 0.564. The van der Waals surface area contributed by atoms with Crippen molar-refractivity contribution in [2.45, 2.75) is 12.5 Å². The lowest BCUT2D eigenvalue weighted by Gasteiger charge is -2.16. The summed E-state index contributed by atoms with van der Waals surface area (Å²) in [5, 5.41) is 20.5. The average Bonchev–Trinajstić information content (AvgIpc) is 2.31. The number of hydrogen-bond acceptors (Lipinski definition) is 6. The maximum absolute atomic E-state index is 8.85. The van der Waals surface area contributed by atoms with Gasteiger partial charge in [0.25, 0.3) is 0 Å². The Hall–Kier alpha value is -1.71. The van der Waals surface area contributed by atoms with E-state index in [0.717, 1.165) is 0 Å². The van der Waals surface area contributed by atoms with Crippen LogP contribution in [0.3, 0.4) is 0 Å². The van der Waals surface area contributed by atoms with Crippen molar-refractivity contribution < 1.29 is 9.84 Å². The van der Waals surface area contributed by atoms with Crippen molar-refractivity contribution >= 4 is 5.82 Å². The Morgan fingerprint density at radius 2 is 2.38 bits per heavy atom. The third-order valence-corrected chi connectivity index (χ3v) is 1.96. The van der Waals surface area contributed by atoms with Crippen molar-refractivity contribution in [3.8, 4) is 6.07 Å². The van der Waals surface area contributed by atoms with Crippen molar-refractivity contribution in [3.05, 3.63) is 18.1 Å². The number of rotatable bonds is 6. The molecule has 1 unspecified atom stereocenters. The van der Waals surface area contributed by atoms with Gasteiger partial charge in [0.05, 0.1) is 25.0 Å². The van der Waals surface area contributed by atoms with E-state index < -0.39 is 0 Å². The molecule has 1 rings (SSSR count). The van der Waals surface area contributed by atoms with Crippen molar-refractivity contribution in [2.75, 3.05) is 25.6 Å². The minimum absolute atomic E-state index is 0.0164. The fourth-order valence-corrected chi connectivity index (χ4v) is 1.22. The summed E-state index contributed by atoms with van der Waals surface area (Å²) in [6.07, 6.45) is 3.44. The molecule has 0 aliphatic carbocycles. The molecule has 1 atom stereocenters. The quantitative estimate of drug-likeness (QED) is 0.712. The number of aliphatic hydroxyl groups is 1. The first-order chi connectivity index (χ1) is 7.80. The highest BCUT2D eigenvalue weighted by Crippen LogP contribution is 2.05. The fraction of sp³-hybridized carbons (Fsp3) is 0.500. The predicted octanol–water partition coefficient (Wildman–Crippen LogP) is 0.158. The number of hydrogen-bond donors (Lipinski definition) is 2. The van der Waals surface area contributed by atoms with Crippen LogP contribution in [0.5, 0.6) is 0 Å². The second-order valence-corrected chi connectivity index (χ2v) is 3.21. The SMILES string of the molecule is COCC(CCO)Nc1cnc(C#N)cn1. The first kappa shape index (κ1) is 12.4. The van der Waals surface area contributed by atoms with Gasteiger partial charge in [0.1, 0.15) is 11.9 Å². The number of nitriles is 1. The van der Waals surface area contributed by atoms with Gasteiger partial charge in [-0.2, -0.15) is 5.26 Å². The Morgan fingerprint density at radius 3 is 2.88 bits per heavy atom. The van der Waals surface area contributed by atoms with Crippen LogP contribution in [0.25, 0.3) is 0 Å². The molecule has 2 N–H and O–H groups in total. The Kier molecular flexibility index (Phi) is 5.19. The number of nitrogens with one attached hydrogen (secondary N) is 1. The number of nitrogens with zero attached hydrogens (tertiary/aromatic N) is 3. The Labute approximate surface area is 93.9 Å². The number of aromatic nitrogens is 2. The van der Waals surface area contributed by atoms with Gasteiger partial charge in [-0.3, -0.25) is 0 Å². The fourth-order valence-electron chi connectivity index (χ4n) is 1.22. The molecule has 1 aromatic rings. The van der Waals surface area contributed by atoms with Crippen molar-refractivity contribution in [3.63, 3.8) is 0 Å². The molecule has 1 aromatic heterocycles. The number of aliphatic hydroxyl groups excluding tert-OH is 1. The van der Waals surface area contributed by atoms with Gasteiger partial charge < -0.3 is 15.2 Å². The first-order valence-electron chi connectivity index (χ1n) is 4.88. The largest absolute Gasteiger partial charge is 0.396 e. The molecule has 1 heterocycles. The summed E-state index contributed by atoms with van der Waals surface area (Å²) < 4.78 is 5.00. The third-order valence-electron chi connectivity index (χ3n) is 1.96. The van der Waals surface area contributed by atoms with Crippen molar-refractivity contribution in [2.24, 2.45) is 0 Å². The predicted molar refractivity (Wildman–Crippen MR) is 57.7 cm³/mol. The van der Waals surface area contributed by atoms with E-state index in [1.165, 1.54) is 12.4 Å². The smallest absolute Gasteiger partial charge is 0.158 e. The highest BCUT2D eigenvalue weighted by Gasteiger charge is 2.08. The number of anilines is 1. The molecule has 0 aliphatic heterocycles. The molecule has 0 bridgehead atoms. The van der Waals surface area contributed by atoms with Gasteiger partial charge in [0.15, 0.2) is 5.69 Å². The third kappa shape index (κ3) is 3.81. The Balaban J connectivity index is 2.59. The molecule has 0 aromatic carbocycles. The summed E-state index contributed by atoms with van der Waals surface area (Å²) in [5.41, 5.74) is 0.274. The van der Waals surface area contributed by atoms with Gasteiger partial charge in [-0.05, 0) is 6.42 Å². The zero-order valence-electron chi connectivity index (χ0n) is 9.05. The van der Waals surface area contributed by atoms with Crippen LogP contribution in [0.4, 0.5) is 5.82 Å². The standard InChI is InChI=1S/C10H14N4O2/c1-16-7-8(2-3-15)14-10-6-12-9(4-11)5-13-10/h5-6,8,15H,2-3,7H2,1H3,(H,13,14). The van der Waals surface area contributed by atoms with Crippen LogP contribution in [0.1, 0.15) is 12.1 Å². The van der Waals surface area contributed by atoms with Crippen LogP contribution >= 0.6 is 0 Å². The number of methoxy groups -OCH3 is 1. The lowest BCUT2D eigenvalue weighted by molar-refractivity contribution is 0.170. The van der Waals surface area contributed by atoms with Crippen LogP contribution in [0, 0.1) is 11.3 Å². The zero-order valence-corrected chi connectivity index (χ0v) is 9.05. The minimum atomic E-state index is -0.0164. The second-order valence-electron chi connectivity index (χ2n) is 3.21. The monoisotopic (exact) mass is 222 g/mol. The summed E-state index contributed by atoms with van der Waals surface area (Å²) in [4.78, 5) is 7.90. The molecule has 0 saturated heterocycles. The zero-order chi connectivity index (χ0) is 11.8. The highest BCUT2D eigenvalue weighted by atomic mass is 16.5. The molecule has 0 spiro atoms. The second kappa shape index (κ2) is 6.71. The van der Waals surface area contributed by atoms with E-state index in [1.54, 1.807) is 7.11 Å². The lowest BCUT2D eigenvalue weighted by Crippen LogP contribution is -2.26. The van der Waals surface area contributed by atoms with E-state index in [4.69, 9.17) is 15.1 Å². The summed E-state index contributed by atoms with van der Waals surface area (Å²) in [6.45, 7) is 0.549. The van der Waals surface area contributed by atoms with Gasteiger partial charge in [0, 0.05) is 13.7 Å². The number of ether oxygens (including phenoxy) is 1. The normalized spacial score (nSPS) is 11.8. The average molecular weight is 222 g/mol. The molecule has 0 aliphatic rings.